The molecule has 160 valence electrons. The molecule has 3 aromatic rings. The summed E-state index contributed by atoms with van der Waals surface area (Å²) >= 11 is 1.35. The number of aromatic amines is 1. The first-order chi connectivity index (χ1) is 15.1. The molecule has 0 saturated carbocycles. The number of nitrogens with one attached hydrogen (secondary N) is 1. The van der Waals surface area contributed by atoms with Crippen LogP contribution in [0.4, 0.5) is 5.69 Å². The number of rotatable bonds is 6. The van der Waals surface area contributed by atoms with E-state index >= 15 is 0 Å². The van der Waals surface area contributed by atoms with Gasteiger partial charge in [-0.05, 0) is 41.6 Å². The molecule has 1 N–H and O–H groups in total. The lowest BCUT2D eigenvalue weighted by atomic mass is 10.0. The monoisotopic (exact) mass is 437 g/mol. The van der Waals surface area contributed by atoms with Gasteiger partial charge in [-0.25, -0.2) is 4.90 Å². The number of nitrogens with zero attached hydrogens (tertiary/aromatic N) is 3. The van der Waals surface area contributed by atoms with Crippen molar-refractivity contribution in [1.82, 2.24) is 10.1 Å². The minimum Gasteiger partial charge on any atom is -0.493 e. The molecule has 4 rings (SSSR count). The maximum Gasteiger partial charge on any atom is 0.325 e. The number of thioether (sulfide) groups is 1. The van der Waals surface area contributed by atoms with Crippen molar-refractivity contribution < 1.29 is 14.2 Å². The van der Waals surface area contributed by atoms with Gasteiger partial charge in [0.15, 0.2) is 0 Å². The fourth-order valence-electron chi connectivity index (χ4n) is 3.82. The van der Waals surface area contributed by atoms with E-state index in [4.69, 9.17) is 9.84 Å². The maximum atomic E-state index is 13.2. The summed E-state index contributed by atoms with van der Waals surface area (Å²) in [5, 5.41) is 5.19. The number of anilines is 1. The van der Waals surface area contributed by atoms with Crippen LogP contribution in [0.25, 0.3) is 11.3 Å². The zero-order valence-corrected chi connectivity index (χ0v) is 18.6. The molecule has 0 aliphatic carbocycles. The van der Waals surface area contributed by atoms with Crippen molar-refractivity contribution in [2.75, 3.05) is 17.8 Å². The third-order valence-electron chi connectivity index (χ3n) is 5.18. The second-order valence-corrected chi connectivity index (χ2v) is 7.95. The first-order valence-electron chi connectivity index (χ1n) is 10.3. The van der Waals surface area contributed by atoms with Crippen molar-refractivity contribution in [2.24, 2.45) is 0 Å². The molecule has 0 radical (unpaired) electrons. The summed E-state index contributed by atoms with van der Waals surface area (Å²) in [5.41, 5.74) is 2.32. The van der Waals surface area contributed by atoms with E-state index in [2.05, 4.69) is 4.98 Å². The van der Waals surface area contributed by atoms with Gasteiger partial charge >= 0.3 is 11.3 Å². The van der Waals surface area contributed by atoms with E-state index in [1.54, 1.807) is 9.58 Å². The molecule has 1 aliphatic heterocycles. The molecule has 8 heteroatoms. The maximum absolute atomic E-state index is 13.2. The number of para-hydroxylation sites is 2. The van der Waals surface area contributed by atoms with Gasteiger partial charge in [0.2, 0.25) is 11.1 Å². The van der Waals surface area contributed by atoms with Crippen LogP contribution in [0.5, 0.6) is 5.75 Å². The van der Waals surface area contributed by atoms with E-state index in [0.29, 0.717) is 40.9 Å². The quantitative estimate of drug-likeness (QED) is 0.471. The van der Waals surface area contributed by atoms with Gasteiger partial charge in [-0.3, -0.25) is 14.6 Å². The topological polar surface area (TPSA) is 79.2 Å². The van der Waals surface area contributed by atoms with Crippen LogP contribution in [0.15, 0.2) is 58.5 Å². The first kappa shape index (κ1) is 21.1. The van der Waals surface area contributed by atoms with E-state index < -0.39 is 6.17 Å². The average molecular weight is 438 g/mol. The van der Waals surface area contributed by atoms with E-state index in [-0.39, 0.29) is 11.5 Å². The molecule has 0 spiro atoms. The lowest BCUT2D eigenvalue weighted by Gasteiger charge is -2.32. The number of benzene rings is 2. The molecule has 31 heavy (non-hydrogen) atoms. The lowest BCUT2D eigenvalue weighted by Crippen LogP contribution is -2.60. The van der Waals surface area contributed by atoms with Crippen molar-refractivity contribution in [3.05, 3.63) is 64.4 Å². The summed E-state index contributed by atoms with van der Waals surface area (Å²) < 4.78 is 7.68. The van der Waals surface area contributed by atoms with Gasteiger partial charge in [0.1, 0.15) is 5.75 Å². The lowest BCUT2D eigenvalue weighted by molar-refractivity contribution is -0.763. The van der Waals surface area contributed by atoms with Crippen molar-refractivity contribution in [1.29, 1.82) is 0 Å². The highest BCUT2D eigenvalue weighted by molar-refractivity contribution is 7.98. The molecule has 0 fully saturated rings. The Labute approximate surface area is 185 Å². The van der Waals surface area contributed by atoms with Crippen LogP contribution in [0.1, 0.15) is 38.4 Å². The Morgan fingerprint density at radius 2 is 1.94 bits per heavy atom. The van der Waals surface area contributed by atoms with Gasteiger partial charge in [0.05, 0.1) is 23.4 Å². The molecule has 0 bridgehead atoms. The van der Waals surface area contributed by atoms with E-state index in [1.807, 2.05) is 68.6 Å². The second kappa shape index (κ2) is 8.93. The molecular formula is C23H25N4O3S+. The predicted octanol–water partition coefficient (Wildman–Crippen LogP) is 3.54. The average Bonchev–Trinajstić information content (AvgIpc) is 2.81. The van der Waals surface area contributed by atoms with Gasteiger partial charge in [-0.15, -0.1) is 0 Å². The van der Waals surface area contributed by atoms with E-state index in [1.165, 1.54) is 11.8 Å². The number of H-pyrrole nitrogens is 1. The van der Waals surface area contributed by atoms with E-state index in [0.717, 1.165) is 12.0 Å². The number of carbonyl (C=O) groups is 1. The number of carbonyl (C=O) groups excluding carboxylic acids is 1. The largest absolute Gasteiger partial charge is 0.493 e. The number of amides is 1. The minimum absolute atomic E-state index is 0.0614. The Bertz CT molecular complexity index is 1180. The molecule has 0 unspecified atom stereocenters. The zero-order valence-electron chi connectivity index (χ0n) is 17.8. The third-order valence-corrected chi connectivity index (χ3v) is 5.75. The van der Waals surface area contributed by atoms with Crippen molar-refractivity contribution in [3.63, 3.8) is 0 Å². The number of hydrogen-bond acceptors (Lipinski definition) is 5. The molecule has 7 nitrogen and oxygen atoms in total. The van der Waals surface area contributed by atoms with Gasteiger partial charge in [-0.1, -0.05) is 49.9 Å². The zero-order chi connectivity index (χ0) is 22.0. The molecular weight excluding hydrogens is 412 g/mol. The number of aromatic nitrogens is 3. The van der Waals surface area contributed by atoms with Crippen molar-refractivity contribution >= 4 is 23.4 Å². The summed E-state index contributed by atoms with van der Waals surface area (Å²) in [4.78, 5) is 30.9. The highest BCUT2D eigenvalue weighted by Gasteiger charge is 2.46. The third kappa shape index (κ3) is 3.72. The summed E-state index contributed by atoms with van der Waals surface area (Å²) in [6.07, 6.45) is 2.39. The SMILES string of the molecule is CCCOc1ccccc1[C@@H]1N(C(=O)CC)c2ccccc2-c2c(=O)[nH]c(SC)n[n+]21. The minimum atomic E-state index is -0.640. The van der Waals surface area contributed by atoms with Crippen molar-refractivity contribution in [3.8, 4) is 17.0 Å². The molecule has 0 saturated heterocycles. The Balaban J connectivity index is 2.05. The predicted molar refractivity (Wildman–Crippen MR) is 120 cm³/mol. The second-order valence-electron chi connectivity index (χ2n) is 7.15. The Morgan fingerprint density at radius 3 is 2.68 bits per heavy atom. The van der Waals surface area contributed by atoms with Crippen LogP contribution in [0, 0.1) is 0 Å². The fraction of sp³-hybridized carbons (Fsp3) is 0.304. The summed E-state index contributed by atoms with van der Waals surface area (Å²) in [6.45, 7) is 4.43. The normalized spacial score (nSPS) is 14.7. The molecule has 2 aromatic carbocycles. The van der Waals surface area contributed by atoms with Crippen LogP contribution >= 0.6 is 11.8 Å². The number of hydrogen-bond donors (Lipinski definition) is 1. The highest BCUT2D eigenvalue weighted by atomic mass is 32.2. The van der Waals surface area contributed by atoms with Crippen LogP contribution in [0.3, 0.4) is 0 Å². The number of ether oxygens (including phenoxy) is 1. The Kier molecular flexibility index (Phi) is 6.08. The molecule has 1 atom stereocenters. The summed E-state index contributed by atoms with van der Waals surface area (Å²) in [5.74, 6) is 0.613. The van der Waals surface area contributed by atoms with Gasteiger partial charge in [0, 0.05) is 11.5 Å². The molecule has 1 amide bonds. The van der Waals surface area contributed by atoms with Gasteiger partial charge in [0.25, 0.3) is 6.17 Å². The molecule has 2 heterocycles. The fourth-order valence-corrected chi connectivity index (χ4v) is 4.19. The standard InChI is InChI=1S/C23H24N4O3S/c1-4-14-30-18-13-9-7-11-16(18)22-26(19(28)5-2)17-12-8-6-10-15(17)20-21(29)24-23(31-3)25-27(20)22/h6-13,22H,4-5,14H2,1-3H3/p+1/t22-/m1/s1. The van der Waals surface area contributed by atoms with Crippen LogP contribution in [0.2, 0.25) is 0 Å². The summed E-state index contributed by atoms with van der Waals surface area (Å²) in [7, 11) is 0. The van der Waals surface area contributed by atoms with Gasteiger partial charge in [-0.2, -0.15) is 0 Å². The summed E-state index contributed by atoms with van der Waals surface area (Å²) in [6, 6.07) is 15.1. The Morgan fingerprint density at radius 1 is 1.19 bits per heavy atom. The highest BCUT2D eigenvalue weighted by Crippen LogP contribution is 2.39. The van der Waals surface area contributed by atoms with Gasteiger partial charge < -0.3 is 4.74 Å². The number of fused-ring (bicyclic) bond motifs is 3. The van der Waals surface area contributed by atoms with Crippen LogP contribution in [-0.2, 0) is 4.79 Å². The molecule has 1 aliphatic rings. The smallest absolute Gasteiger partial charge is 0.325 e. The van der Waals surface area contributed by atoms with Crippen LogP contribution < -0.4 is 19.9 Å². The Hall–Kier alpha value is -3.13. The molecule has 1 aromatic heterocycles. The van der Waals surface area contributed by atoms with Crippen LogP contribution in [-0.4, -0.2) is 28.9 Å². The van der Waals surface area contributed by atoms with Crippen molar-refractivity contribution in [2.45, 2.75) is 38.0 Å². The van der Waals surface area contributed by atoms with E-state index in [9.17, 15) is 9.59 Å². The first-order valence-corrected chi connectivity index (χ1v) is 11.6.